The maximum absolute atomic E-state index is 11.9. The molecule has 0 fully saturated rings. The van der Waals surface area contributed by atoms with Crippen molar-refractivity contribution in [1.82, 2.24) is 0 Å². The molecule has 2 rings (SSSR count). The Morgan fingerprint density at radius 2 is 2.05 bits per heavy atom. The SMILES string of the molecule is Nc1cccc(CC(=O)Nc2ccc(Br)c([N+](=O)[O-])c2)c1. The Bertz CT molecular complexity index is 704. The topological polar surface area (TPSA) is 98.3 Å². The number of nitro benzene ring substituents is 1. The number of nitrogens with zero attached hydrogens (tertiary/aromatic N) is 1. The molecule has 0 aromatic heterocycles. The quantitative estimate of drug-likeness (QED) is 0.503. The van der Waals surface area contributed by atoms with E-state index in [1.807, 2.05) is 0 Å². The predicted molar refractivity (Wildman–Crippen MR) is 84.0 cm³/mol. The first-order valence-corrected chi connectivity index (χ1v) is 6.83. The Hall–Kier alpha value is -2.41. The number of amides is 1. The van der Waals surface area contributed by atoms with Crippen molar-refractivity contribution >= 4 is 38.9 Å². The number of nitro groups is 1. The van der Waals surface area contributed by atoms with E-state index in [0.29, 0.717) is 15.8 Å². The monoisotopic (exact) mass is 349 g/mol. The van der Waals surface area contributed by atoms with E-state index in [2.05, 4.69) is 21.2 Å². The highest BCUT2D eigenvalue weighted by Crippen LogP contribution is 2.27. The lowest BCUT2D eigenvalue weighted by Gasteiger charge is -2.06. The summed E-state index contributed by atoms with van der Waals surface area (Å²) in [7, 11) is 0. The van der Waals surface area contributed by atoms with E-state index in [1.165, 1.54) is 12.1 Å². The molecule has 6 nitrogen and oxygen atoms in total. The van der Waals surface area contributed by atoms with Gasteiger partial charge < -0.3 is 11.1 Å². The lowest BCUT2D eigenvalue weighted by molar-refractivity contribution is -0.385. The summed E-state index contributed by atoms with van der Waals surface area (Å²) in [4.78, 5) is 22.2. The Balaban J connectivity index is 2.09. The number of nitrogen functional groups attached to an aromatic ring is 1. The summed E-state index contributed by atoms with van der Waals surface area (Å²) in [6.07, 6.45) is 0.148. The molecule has 0 saturated heterocycles. The molecule has 0 heterocycles. The van der Waals surface area contributed by atoms with Crippen LogP contribution in [0.15, 0.2) is 46.9 Å². The molecule has 0 atom stereocenters. The van der Waals surface area contributed by atoms with E-state index in [1.54, 1.807) is 30.3 Å². The highest BCUT2D eigenvalue weighted by molar-refractivity contribution is 9.10. The van der Waals surface area contributed by atoms with Gasteiger partial charge in [-0.2, -0.15) is 0 Å². The molecule has 2 aromatic rings. The number of anilines is 2. The standard InChI is InChI=1S/C14H12BrN3O3/c15-12-5-4-11(8-13(12)18(20)21)17-14(19)7-9-2-1-3-10(16)6-9/h1-6,8H,7,16H2,(H,17,19). The summed E-state index contributed by atoms with van der Waals surface area (Å²) >= 11 is 3.09. The number of rotatable bonds is 4. The van der Waals surface area contributed by atoms with Crippen LogP contribution in [0, 0.1) is 10.1 Å². The van der Waals surface area contributed by atoms with Gasteiger partial charge in [0.1, 0.15) is 0 Å². The molecule has 0 radical (unpaired) electrons. The van der Waals surface area contributed by atoms with Crippen LogP contribution in [-0.4, -0.2) is 10.8 Å². The van der Waals surface area contributed by atoms with Gasteiger partial charge >= 0.3 is 0 Å². The van der Waals surface area contributed by atoms with Crippen molar-refractivity contribution in [2.45, 2.75) is 6.42 Å². The number of carbonyl (C=O) groups is 1. The number of carbonyl (C=O) groups excluding carboxylic acids is 1. The van der Waals surface area contributed by atoms with Crippen molar-refractivity contribution in [3.63, 3.8) is 0 Å². The molecule has 0 spiro atoms. The summed E-state index contributed by atoms with van der Waals surface area (Å²) in [5.41, 5.74) is 7.28. The molecule has 7 heteroatoms. The zero-order chi connectivity index (χ0) is 15.4. The van der Waals surface area contributed by atoms with Crippen LogP contribution in [0.3, 0.4) is 0 Å². The molecule has 1 amide bonds. The largest absolute Gasteiger partial charge is 0.399 e. The van der Waals surface area contributed by atoms with Gasteiger partial charge in [0.25, 0.3) is 5.69 Å². The van der Waals surface area contributed by atoms with Crippen molar-refractivity contribution in [1.29, 1.82) is 0 Å². The molecule has 0 unspecified atom stereocenters. The third-order valence-electron chi connectivity index (χ3n) is 2.74. The minimum Gasteiger partial charge on any atom is -0.399 e. The Morgan fingerprint density at radius 1 is 1.29 bits per heavy atom. The van der Waals surface area contributed by atoms with E-state index in [4.69, 9.17) is 5.73 Å². The van der Waals surface area contributed by atoms with Crippen molar-refractivity contribution < 1.29 is 9.72 Å². The average molecular weight is 350 g/mol. The van der Waals surface area contributed by atoms with Gasteiger partial charge in [0.15, 0.2) is 0 Å². The first-order chi connectivity index (χ1) is 9.95. The van der Waals surface area contributed by atoms with Crippen LogP contribution in [0.5, 0.6) is 0 Å². The summed E-state index contributed by atoms with van der Waals surface area (Å²) in [5, 5.41) is 13.5. The summed E-state index contributed by atoms with van der Waals surface area (Å²) < 4.78 is 0.362. The average Bonchev–Trinajstić information content (AvgIpc) is 2.40. The van der Waals surface area contributed by atoms with Crippen molar-refractivity contribution in [3.8, 4) is 0 Å². The fraction of sp³-hybridized carbons (Fsp3) is 0.0714. The fourth-order valence-electron chi connectivity index (χ4n) is 1.82. The van der Waals surface area contributed by atoms with Gasteiger partial charge in [-0.05, 0) is 45.8 Å². The number of nitrogens with one attached hydrogen (secondary N) is 1. The maximum atomic E-state index is 11.9. The first-order valence-electron chi connectivity index (χ1n) is 6.04. The molecule has 108 valence electrons. The lowest BCUT2D eigenvalue weighted by Crippen LogP contribution is -2.14. The van der Waals surface area contributed by atoms with Crippen LogP contribution in [0.1, 0.15) is 5.56 Å². The van der Waals surface area contributed by atoms with E-state index in [-0.39, 0.29) is 18.0 Å². The van der Waals surface area contributed by atoms with Crippen LogP contribution in [0.25, 0.3) is 0 Å². The van der Waals surface area contributed by atoms with Crippen LogP contribution < -0.4 is 11.1 Å². The predicted octanol–water partition coefficient (Wildman–Crippen LogP) is 3.12. The molecule has 2 aromatic carbocycles. The van der Waals surface area contributed by atoms with Gasteiger partial charge in [0, 0.05) is 17.4 Å². The number of benzene rings is 2. The second-order valence-electron chi connectivity index (χ2n) is 4.39. The van der Waals surface area contributed by atoms with Gasteiger partial charge in [0.2, 0.25) is 5.91 Å². The molecule has 0 aliphatic carbocycles. The van der Waals surface area contributed by atoms with Crippen LogP contribution >= 0.6 is 15.9 Å². The molecular formula is C14H12BrN3O3. The minimum absolute atomic E-state index is 0.100. The highest BCUT2D eigenvalue weighted by atomic mass is 79.9. The van der Waals surface area contributed by atoms with E-state index >= 15 is 0 Å². The fourth-order valence-corrected chi connectivity index (χ4v) is 2.22. The van der Waals surface area contributed by atoms with E-state index < -0.39 is 4.92 Å². The summed E-state index contributed by atoms with van der Waals surface area (Å²) in [5.74, 6) is -0.266. The number of hydrogen-bond donors (Lipinski definition) is 2. The molecule has 3 N–H and O–H groups in total. The Kier molecular flexibility index (Phi) is 4.54. The molecule has 0 saturated carbocycles. The number of nitrogens with two attached hydrogens (primary N) is 1. The highest BCUT2D eigenvalue weighted by Gasteiger charge is 2.13. The molecule has 0 bridgehead atoms. The van der Waals surface area contributed by atoms with Crippen LogP contribution in [0.2, 0.25) is 0 Å². The van der Waals surface area contributed by atoms with Gasteiger partial charge in [-0.1, -0.05) is 12.1 Å². The van der Waals surface area contributed by atoms with Gasteiger partial charge in [0.05, 0.1) is 15.8 Å². The molecule has 0 aliphatic rings. The lowest BCUT2D eigenvalue weighted by atomic mass is 10.1. The van der Waals surface area contributed by atoms with E-state index in [9.17, 15) is 14.9 Å². The van der Waals surface area contributed by atoms with Crippen molar-refractivity contribution in [2.24, 2.45) is 0 Å². The number of hydrogen-bond acceptors (Lipinski definition) is 4. The second-order valence-corrected chi connectivity index (χ2v) is 5.25. The Morgan fingerprint density at radius 3 is 2.71 bits per heavy atom. The molecule has 21 heavy (non-hydrogen) atoms. The third kappa shape index (κ3) is 4.03. The normalized spacial score (nSPS) is 10.1. The van der Waals surface area contributed by atoms with Crippen molar-refractivity contribution in [3.05, 3.63) is 62.6 Å². The van der Waals surface area contributed by atoms with E-state index in [0.717, 1.165) is 5.56 Å². The van der Waals surface area contributed by atoms with Gasteiger partial charge in [-0.3, -0.25) is 14.9 Å². The minimum atomic E-state index is -0.516. The summed E-state index contributed by atoms with van der Waals surface area (Å²) in [6.45, 7) is 0. The van der Waals surface area contributed by atoms with Crippen LogP contribution in [-0.2, 0) is 11.2 Å². The summed E-state index contributed by atoms with van der Waals surface area (Å²) in [6, 6.07) is 11.4. The zero-order valence-electron chi connectivity index (χ0n) is 10.9. The van der Waals surface area contributed by atoms with Gasteiger partial charge in [-0.15, -0.1) is 0 Å². The first kappa shape index (κ1) is 15.0. The zero-order valence-corrected chi connectivity index (χ0v) is 12.5. The van der Waals surface area contributed by atoms with Crippen molar-refractivity contribution in [2.75, 3.05) is 11.1 Å². The smallest absolute Gasteiger partial charge is 0.285 e. The number of halogens is 1. The van der Waals surface area contributed by atoms with Gasteiger partial charge in [-0.25, -0.2) is 0 Å². The third-order valence-corrected chi connectivity index (χ3v) is 3.41. The molecule has 0 aliphatic heterocycles. The maximum Gasteiger partial charge on any atom is 0.285 e. The molecular weight excluding hydrogens is 338 g/mol. The van der Waals surface area contributed by atoms with Crippen LogP contribution in [0.4, 0.5) is 17.1 Å². The Labute approximate surface area is 129 Å². The second kappa shape index (κ2) is 6.36.